The maximum Gasteiger partial charge on any atom is 0.258 e. The van der Waals surface area contributed by atoms with Crippen molar-refractivity contribution in [2.75, 3.05) is 11.9 Å². The van der Waals surface area contributed by atoms with Gasteiger partial charge in [-0.25, -0.2) is 4.98 Å². The number of aromatic nitrogens is 3. The third-order valence-corrected chi connectivity index (χ3v) is 6.34. The molecule has 6 rings (SSSR count). The third-order valence-electron chi connectivity index (χ3n) is 6.34. The first-order valence-corrected chi connectivity index (χ1v) is 10.4. The van der Waals surface area contributed by atoms with Gasteiger partial charge in [0.25, 0.3) is 5.91 Å². The molecule has 8 heteroatoms. The average Bonchev–Trinajstić information content (AvgIpc) is 3.09. The number of rotatable bonds is 4. The molecule has 0 aromatic carbocycles. The van der Waals surface area contributed by atoms with Crippen LogP contribution in [0.1, 0.15) is 65.3 Å². The highest BCUT2D eigenvalue weighted by molar-refractivity contribution is 6.09. The maximum atomic E-state index is 13.4. The zero-order valence-corrected chi connectivity index (χ0v) is 17.1. The molecule has 0 spiro atoms. The monoisotopic (exact) mass is 405 g/mol. The summed E-state index contributed by atoms with van der Waals surface area (Å²) >= 11 is 0. The van der Waals surface area contributed by atoms with Crippen molar-refractivity contribution in [3.8, 4) is 0 Å². The van der Waals surface area contributed by atoms with Gasteiger partial charge in [-0.15, -0.1) is 0 Å². The summed E-state index contributed by atoms with van der Waals surface area (Å²) < 4.78 is 11.2. The van der Waals surface area contributed by atoms with Crippen molar-refractivity contribution in [2.24, 2.45) is 0 Å². The number of carbonyl (C=O) groups is 1. The highest BCUT2D eigenvalue weighted by Gasteiger charge is 2.39. The van der Waals surface area contributed by atoms with E-state index in [0.29, 0.717) is 41.4 Å². The second kappa shape index (κ2) is 6.25. The minimum Gasteiger partial charge on any atom is -0.445 e. The van der Waals surface area contributed by atoms with Crippen molar-refractivity contribution in [3.05, 3.63) is 46.7 Å². The van der Waals surface area contributed by atoms with Crippen molar-refractivity contribution < 1.29 is 13.9 Å². The smallest absolute Gasteiger partial charge is 0.258 e. The lowest BCUT2D eigenvalue weighted by Crippen LogP contribution is -2.25. The molecule has 8 nitrogen and oxygen atoms in total. The van der Waals surface area contributed by atoms with Gasteiger partial charge in [0.15, 0.2) is 0 Å². The Bertz CT molecular complexity index is 1180. The molecule has 1 N–H and O–H groups in total. The lowest BCUT2D eigenvalue weighted by molar-refractivity contribution is -0.0529. The Hall–Kier alpha value is -3.00. The first-order chi connectivity index (χ1) is 14.5. The molecule has 3 aliphatic rings. The largest absolute Gasteiger partial charge is 0.445 e. The molecule has 1 unspecified atom stereocenters. The van der Waals surface area contributed by atoms with Crippen LogP contribution in [0.25, 0.3) is 11.1 Å². The Kier molecular flexibility index (Phi) is 3.71. The number of amides is 1. The SMILES string of the molecule is Cc1nc(NC2(C)CC2)c2c(C(=O)N3Cc4cc(C5CCO5)cnc4C3)coc2n1. The maximum absolute atomic E-state index is 13.4. The molecule has 1 saturated heterocycles. The van der Waals surface area contributed by atoms with E-state index < -0.39 is 0 Å². The Morgan fingerprint density at radius 3 is 2.87 bits per heavy atom. The van der Waals surface area contributed by atoms with Crippen molar-refractivity contribution in [2.45, 2.75) is 57.8 Å². The van der Waals surface area contributed by atoms with Gasteiger partial charge in [-0.05, 0) is 43.9 Å². The molecule has 1 atom stereocenters. The molecule has 2 aliphatic heterocycles. The van der Waals surface area contributed by atoms with Crippen LogP contribution in [0.15, 0.2) is 22.9 Å². The second-order valence-corrected chi connectivity index (χ2v) is 8.82. The van der Waals surface area contributed by atoms with E-state index in [9.17, 15) is 4.79 Å². The second-order valence-electron chi connectivity index (χ2n) is 8.82. The van der Waals surface area contributed by atoms with Gasteiger partial charge in [0, 0.05) is 24.7 Å². The lowest BCUT2D eigenvalue weighted by Gasteiger charge is -2.26. The summed E-state index contributed by atoms with van der Waals surface area (Å²) in [6.07, 6.45) is 6.71. The van der Waals surface area contributed by atoms with E-state index in [1.54, 1.807) is 4.90 Å². The molecule has 3 aromatic heterocycles. The number of anilines is 1. The standard InChI is InChI=1S/C22H23N5O3/c1-12-24-19(26-22(2)4-5-22)18-15(11-30-20(18)25-12)21(28)27-9-14-7-13(17-3-6-29-17)8-23-16(14)10-27/h7-8,11,17H,3-6,9-10H2,1-2H3,(H,24,25,26). The molecule has 1 aliphatic carbocycles. The quantitative estimate of drug-likeness (QED) is 0.710. The van der Waals surface area contributed by atoms with Crippen LogP contribution >= 0.6 is 0 Å². The fourth-order valence-corrected chi connectivity index (χ4v) is 4.16. The number of hydrogen-bond donors (Lipinski definition) is 1. The number of hydrogen-bond acceptors (Lipinski definition) is 7. The first-order valence-electron chi connectivity index (χ1n) is 10.4. The molecule has 3 aromatic rings. The van der Waals surface area contributed by atoms with E-state index in [0.717, 1.165) is 42.7 Å². The van der Waals surface area contributed by atoms with Crippen LogP contribution < -0.4 is 5.32 Å². The molecule has 5 heterocycles. The van der Waals surface area contributed by atoms with Crippen molar-refractivity contribution in [1.82, 2.24) is 19.9 Å². The molecular weight excluding hydrogens is 382 g/mol. The molecule has 30 heavy (non-hydrogen) atoms. The summed E-state index contributed by atoms with van der Waals surface area (Å²) in [5.41, 5.74) is 4.08. The minimum absolute atomic E-state index is 0.0269. The summed E-state index contributed by atoms with van der Waals surface area (Å²) in [6, 6.07) is 2.13. The summed E-state index contributed by atoms with van der Waals surface area (Å²) in [5, 5.41) is 4.15. The van der Waals surface area contributed by atoms with Gasteiger partial charge in [-0.3, -0.25) is 9.78 Å². The molecule has 1 saturated carbocycles. The van der Waals surface area contributed by atoms with E-state index in [-0.39, 0.29) is 17.6 Å². The fourth-order valence-electron chi connectivity index (χ4n) is 4.16. The van der Waals surface area contributed by atoms with E-state index >= 15 is 0 Å². The van der Waals surface area contributed by atoms with E-state index in [2.05, 4.69) is 33.3 Å². The molecule has 0 radical (unpaired) electrons. The number of nitrogens with one attached hydrogen (secondary N) is 1. The van der Waals surface area contributed by atoms with Crippen LogP contribution in [0.4, 0.5) is 5.82 Å². The van der Waals surface area contributed by atoms with Crippen LogP contribution in [-0.4, -0.2) is 37.9 Å². The molecule has 0 bridgehead atoms. The van der Waals surface area contributed by atoms with E-state index in [1.807, 2.05) is 13.1 Å². The van der Waals surface area contributed by atoms with Gasteiger partial charge in [0.2, 0.25) is 5.71 Å². The topological polar surface area (TPSA) is 93.4 Å². The lowest BCUT2D eigenvalue weighted by atomic mass is 10.0. The predicted octanol–water partition coefficient (Wildman–Crippen LogP) is 3.51. The zero-order valence-electron chi connectivity index (χ0n) is 17.1. The van der Waals surface area contributed by atoms with Gasteiger partial charge in [0.1, 0.15) is 17.9 Å². The molecule has 1 amide bonds. The third kappa shape index (κ3) is 2.86. The summed E-state index contributed by atoms with van der Waals surface area (Å²) in [4.78, 5) is 28.8. The van der Waals surface area contributed by atoms with Crippen molar-refractivity contribution in [3.63, 3.8) is 0 Å². The Labute approximate surface area is 173 Å². The summed E-state index contributed by atoms with van der Waals surface area (Å²) in [5.74, 6) is 1.20. The van der Waals surface area contributed by atoms with Gasteiger partial charge in [0.05, 0.1) is 35.9 Å². The van der Waals surface area contributed by atoms with Crippen LogP contribution in [-0.2, 0) is 17.8 Å². The molecular formula is C22H23N5O3. The number of fused-ring (bicyclic) bond motifs is 2. The van der Waals surface area contributed by atoms with Crippen LogP contribution in [0.5, 0.6) is 0 Å². The minimum atomic E-state index is -0.0929. The summed E-state index contributed by atoms with van der Waals surface area (Å²) in [6.45, 7) is 5.80. The normalized spacial score (nSPS) is 21.4. The van der Waals surface area contributed by atoms with Crippen LogP contribution in [0.2, 0.25) is 0 Å². The number of nitrogens with zero attached hydrogens (tertiary/aromatic N) is 4. The fraction of sp³-hybridized carbons (Fsp3) is 0.455. The highest BCUT2D eigenvalue weighted by atomic mass is 16.5. The van der Waals surface area contributed by atoms with Gasteiger partial charge in [-0.2, -0.15) is 4.98 Å². The number of carbonyl (C=O) groups excluding carboxylic acids is 1. The number of pyridine rings is 1. The first kappa shape index (κ1) is 17.8. The Morgan fingerprint density at radius 1 is 1.30 bits per heavy atom. The predicted molar refractivity (Wildman–Crippen MR) is 109 cm³/mol. The van der Waals surface area contributed by atoms with Gasteiger partial charge < -0.3 is 19.4 Å². The van der Waals surface area contributed by atoms with Gasteiger partial charge in [-0.1, -0.05) is 0 Å². The summed E-state index contributed by atoms with van der Waals surface area (Å²) in [7, 11) is 0. The van der Waals surface area contributed by atoms with Crippen molar-refractivity contribution in [1.29, 1.82) is 0 Å². The molecule has 2 fully saturated rings. The number of ether oxygens (including phenoxy) is 1. The number of furan rings is 1. The number of aryl methyl sites for hydroxylation is 1. The van der Waals surface area contributed by atoms with Crippen LogP contribution in [0.3, 0.4) is 0 Å². The van der Waals surface area contributed by atoms with Crippen molar-refractivity contribution >= 4 is 22.8 Å². The van der Waals surface area contributed by atoms with Gasteiger partial charge >= 0.3 is 0 Å². The highest BCUT2D eigenvalue weighted by Crippen LogP contribution is 2.40. The van der Waals surface area contributed by atoms with E-state index in [1.165, 1.54) is 6.26 Å². The Morgan fingerprint density at radius 2 is 2.13 bits per heavy atom. The molecule has 154 valence electrons. The average molecular weight is 405 g/mol. The zero-order chi connectivity index (χ0) is 20.5. The van der Waals surface area contributed by atoms with E-state index in [4.69, 9.17) is 9.15 Å². The van der Waals surface area contributed by atoms with Crippen LogP contribution in [0, 0.1) is 6.92 Å². The Balaban J connectivity index is 1.32.